The molecule has 1 unspecified atom stereocenters. The molecule has 0 saturated carbocycles. The van der Waals surface area contributed by atoms with E-state index in [4.69, 9.17) is 14.2 Å². The van der Waals surface area contributed by atoms with Crippen molar-refractivity contribution in [1.29, 1.82) is 0 Å². The Morgan fingerprint density at radius 3 is 2.89 bits per heavy atom. The summed E-state index contributed by atoms with van der Waals surface area (Å²) < 4.78 is 15.8. The van der Waals surface area contributed by atoms with Gasteiger partial charge in [-0.3, -0.25) is 0 Å². The number of nitrogens with zero attached hydrogens (tertiary/aromatic N) is 2. The molecule has 6 nitrogen and oxygen atoms in total. The standard InChI is InChI=1S/C12H19N3O3/c1-16-3-2-13-6-10-7-14-12(15-8-10)11-9-17-4-5-18-11/h7-8,11,13H,2-6,9H2,1H3. The predicted molar refractivity (Wildman–Crippen MR) is 65.1 cm³/mol. The minimum Gasteiger partial charge on any atom is -0.383 e. The van der Waals surface area contributed by atoms with Gasteiger partial charge >= 0.3 is 0 Å². The first kappa shape index (κ1) is 13.4. The molecule has 100 valence electrons. The van der Waals surface area contributed by atoms with Gasteiger partial charge in [0.1, 0.15) is 6.10 Å². The third kappa shape index (κ3) is 3.99. The van der Waals surface area contributed by atoms with Crippen molar-refractivity contribution < 1.29 is 14.2 Å². The number of nitrogens with one attached hydrogen (secondary N) is 1. The average Bonchev–Trinajstić information content (AvgIpc) is 2.45. The first-order valence-electron chi connectivity index (χ1n) is 6.10. The van der Waals surface area contributed by atoms with Crippen molar-refractivity contribution in [2.75, 3.05) is 40.1 Å². The SMILES string of the molecule is COCCNCc1cnc(C2COCCO2)nc1. The Morgan fingerprint density at radius 1 is 1.39 bits per heavy atom. The monoisotopic (exact) mass is 253 g/mol. The van der Waals surface area contributed by atoms with Crippen LogP contribution in [0, 0.1) is 0 Å². The molecule has 6 heteroatoms. The number of aromatic nitrogens is 2. The summed E-state index contributed by atoms with van der Waals surface area (Å²) in [7, 11) is 1.69. The zero-order valence-corrected chi connectivity index (χ0v) is 10.6. The lowest BCUT2D eigenvalue weighted by atomic mass is 10.3. The third-order valence-corrected chi connectivity index (χ3v) is 2.64. The summed E-state index contributed by atoms with van der Waals surface area (Å²) in [6.07, 6.45) is 3.51. The highest BCUT2D eigenvalue weighted by molar-refractivity contribution is 5.06. The molecule has 0 aromatic carbocycles. The second-order valence-corrected chi connectivity index (χ2v) is 4.05. The highest BCUT2D eigenvalue weighted by atomic mass is 16.6. The number of hydrogen-bond donors (Lipinski definition) is 1. The molecule has 1 N–H and O–H groups in total. The van der Waals surface area contributed by atoms with Gasteiger partial charge in [0.15, 0.2) is 5.82 Å². The molecule has 0 radical (unpaired) electrons. The minimum atomic E-state index is -0.130. The average molecular weight is 253 g/mol. The molecule has 1 aromatic heterocycles. The van der Waals surface area contributed by atoms with Gasteiger partial charge in [-0.2, -0.15) is 0 Å². The van der Waals surface area contributed by atoms with E-state index in [0.29, 0.717) is 32.3 Å². The summed E-state index contributed by atoms with van der Waals surface area (Å²) in [5.41, 5.74) is 1.05. The van der Waals surface area contributed by atoms with Crippen molar-refractivity contribution in [2.24, 2.45) is 0 Å². The first-order chi connectivity index (χ1) is 8.90. The van der Waals surface area contributed by atoms with Crippen LogP contribution in [0.3, 0.4) is 0 Å². The van der Waals surface area contributed by atoms with Crippen molar-refractivity contribution in [3.63, 3.8) is 0 Å². The van der Waals surface area contributed by atoms with Crippen molar-refractivity contribution in [3.05, 3.63) is 23.8 Å². The van der Waals surface area contributed by atoms with Crippen LogP contribution in [0.15, 0.2) is 12.4 Å². The molecule has 1 fully saturated rings. The Morgan fingerprint density at radius 2 is 2.22 bits per heavy atom. The van der Waals surface area contributed by atoms with Crippen molar-refractivity contribution in [3.8, 4) is 0 Å². The largest absolute Gasteiger partial charge is 0.383 e. The lowest BCUT2D eigenvalue weighted by Gasteiger charge is -2.21. The number of ether oxygens (including phenoxy) is 3. The fourth-order valence-corrected chi connectivity index (χ4v) is 1.67. The fourth-order valence-electron chi connectivity index (χ4n) is 1.67. The molecule has 1 aliphatic heterocycles. The van der Waals surface area contributed by atoms with Crippen LogP contribution in [0.2, 0.25) is 0 Å². The van der Waals surface area contributed by atoms with Crippen LogP contribution >= 0.6 is 0 Å². The summed E-state index contributed by atoms with van der Waals surface area (Å²) in [4.78, 5) is 8.63. The molecule has 0 aliphatic carbocycles. The van der Waals surface area contributed by atoms with E-state index in [1.807, 2.05) is 12.4 Å². The van der Waals surface area contributed by atoms with Crippen molar-refractivity contribution in [2.45, 2.75) is 12.6 Å². The Labute approximate surface area is 107 Å². The van der Waals surface area contributed by atoms with Crippen molar-refractivity contribution >= 4 is 0 Å². The summed E-state index contributed by atoms with van der Waals surface area (Å²) in [6, 6.07) is 0. The molecule has 0 spiro atoms. The number of methoxy groups -OCH3 is 1. The summed E-state index contributed by atoms with van der Waals surface area (Å²) in [5.74, 6) is 0.690. The van der Waals surface area contributed by atoms with E-state index in [-0.39, 0.29) is 6.10 Å². The molecule has 2 heterocycles. The van der Waals surface area contributed by atoms with E-state index >= 15 is 0 Å². The summed E-state index contributed by atoms with van der Waals surface area (Å²) in [5, 5.41) is 3.24. The third-order valence-electron chi connectivity index (χ3n) is 2.64. The molecule has 0 bridgehead atoms. The molecule has 18 heavy (non-hydrogen) atoms. The molecular formula is C12H19N3O3. The Bertz CT molecular complexity index is 339. The Kier molecular flexibility index (Phi) is 5.47. The smallest absolute Gasteiger partial charge is 0.159 e. The van der Waals surface area contributed by atoms with Crippen molar-refractivity contribution in [1.82, 2.24) is 15.3 Å². The molecule has 1 saturated heterocycles. The zero-order chi connectivity index (χ0) is 12.6. The van der Waals surface area contributed by atoms with Crippen LogP contribution in [0.1, 0.15) is 17.5 Å². The van der Waals surface area contributed by atoms with E-state index in [0.717, 1.165) is 18.7 Å². The second-order valence-electron chi connectivity index (χ2n) is 4.05. The van der Waals surface area contributed by atoms with Gasteiger partial charge in [0.05, 0.1) is 26.4 Å². The normalized spacial score (nSPS) is 19.9. The van der Waals surface area contributed by atoms with Gasteiger partial charge in [0.2, 0.25) is 0 Å². The van der Waals surface area contributed by atoms with E-state index in [1.165, 1.54) is 0 Å². The van der Waals surface area contributed by atoms with Crippen LogP contribution in [-0.2, 0) is 20.8 Å². The highest BCUT2D eigenvalue weighted by Crippen LogP contribution is 2.16. The van der Waals surface area contributed by atoms with Gasteiger partial charge < -0.3 is 19.5 Å². The molecular weight excluding hydrogens is 234 g/mol. The van der Waals surface area contributed by atoms with E-state index < -0.39 is 0 Å². The van der Waals surface area contributed by atoms with Crippen LogP contribution in [-0.4, -0.2) is 50.1 Å². The predicted octanol–water partition coefficient (Wildman–Crippen LogP) is 0.300. The molecule has 1 aromatic rings. The second kappa shape index (κ2) is 7.38. The van der Waals surface area contributed by atoms with Gasteiger partial charge in [-0.1, -0.05) is 0 Å². The molecule has 1 aliphatic rings. The van der Waals surface area contributed by atoms with E-state index in [1.54, 1.807) is 7.11 Å². The topological polar surface area (TPSA) is 65.5 Å². The van der Waals surface area contributed by atoms with Gasteiger partial charge in [-0.25, -0.2) is 9.97 Å². The molecule has 2 rings (SSSR count). The van der Waals surface area contributed by atoms with Gasteiger partial charge in [0, 0.05) is 38.2 Å². The maximum atomic E-state index is 5.53. The van der Waals surface area contributed by atoms with Crippen LogP contribution in [0.25, 0.3) is 0 Å². The van der Waals surface area contributed by atoms with Crippen LogP contribution in [0.5, 0.6) is 0 Å². The molecule has 0 amide bonds. The van der Waals surface area contributed by atoms with Crippen LogP contribution in [0.4, 0.5) is 0 Å². The quantitative estimate of drug-likeness (QED) is 0.736. The lowest BCUT2D eigenvalue weighted by Crippen LogP contribution is -2.24. The zero-order valence-electron chi connectivity index (χ0n) is 10.6. The minimum absolute atomic E-state index is 0.130. The lowest BCUT2D eigenvalue weighted by molar-refractivity contribution is -0.0935. The van der Waals surface area contributed by atoms with E-state index in [9.17, 15) is 0 Å². The van der Waals surface area contributed by atoms with E-state index in [2.05, 4.69) is 15.3 Å². The maximum Gasteiger partial charge on any atom is 0.159 e. The van der Waals surface area contributed by atoms with Crippen LogP contribution < -0.4 is 5.32 Å². The van der Waals surface area contributed by atoms with Gasteiger partial charge in [0.25, 0.3) is 0 Å². The number of hydrogen-bond acceptors (Lipinski definition) is 6. The fraction of sp³-hybridized carbons (Fsp3) is 0.667. The Balaban J connectivity index is 1.81. The van der Waals surface area contributed by atoms with Gasteiger partial charge in [-0.15, -0.1) is 0 Å². The summed E-state index contributed by atoms with van der Waals surface area (Å²) >= 11 is 0. The Hall–Kier alpha value is -1.08. The first-order valence-corrected chi connectivity index (χ1v) is 6.10. The highest BCUT2D eigenvalue weighted by Gasteiger charge is 2.18. The summed E-state index contributed by atoms with van der Waals surface area (Å²) in [6.45, 7) is 4.05. The van der Waals surface area contributed by atoms with Gasteiger partial charge in [-0.05, 0) is 0 Å². The maximum absolute atomic E-state index is 5.53. The number of rotatable bonds is 6. The molecule has 1 atom stereocenters.